The van der Waals surface area contributed by atoms with Gasteiger partial charge in [-0.25, -0.2) is 4.98 Å². The van der Waals surface area contributed by atoms with E-state index in [0.717, 1.165) is 11.1 Å². The molecule has 4 aromatic rings. The maximum absolute atomic E-state index is 12.5. The van der Waals surface area contributed by atoms with E-state index >= 15 is 0 Å². The van der Waals surface area contributed by atoms with E-state index in [9.17, 15) is 13.2 Å². The van der Waals surface area contributed by atoms with Crippen LogP contribution in [-0.2, 0) is 12.3 Å². The Bertz CT molecular complexity index is 1110. The summed E-state index contributed by atoms with van der Waals surface area (Å²) in [7, 11) is 0. The van der Waals surface area contributed by atoms with Gasteiger partial charge in [-0.05, 0) is 35.4 Å². The quantitative estimate of drug-likeness (QED) is 0.305. The molecule has 0 bridgehead atoms. The highest BCUT2D eigenvalue weighted by Gasteiger charge is 2.31. The minimum Gasteiger partial charge on any atom is -0.406 e. The monoisotopic (exact) mass is 468 g/mol. The van der Waals surface area contributed by atoms with Crippen molar-refractivity contribution in [1.29, 1.82) is 0 Å². The van der Waals surface area contributed by atoms with Crippen molar-refractivity contribution in [2.45, 2.75) is 23.8 Å². The summed E-state index contributed by atoms with van der Waals surface area (Å²) in [6, 6.07) is 25.2. The number of nitrogens with one attached hydrogen (secondary N) is 1. The van der Waals surface area contributed by atoms with Gasteiger partial charge >= 0.3 is 6.36 Å². The predicted molar refractivity (Wildman–Crippen MR) is 122 cm³/mol. The Morgan fingerprint density at radius 2 is 1.39 bits per heavy atom. The molecule has 0 spiro atoms. The number of thioether (sulfide) groups is 1. The molecule has 0 radical (unpaired) electrons. The Balaban J connectivity index is 1.57. The standard InChI is InChI=1S/C24H19F3N4OS/c25-24(26,27)32-20-13-11-19(12-14-20)21-29-22(28-15-17-7-3-1-4-8-17)31-23(30-21)33-16-18-9-5-2-6-10-18/h1-14H,15-16H2,(H,28,29,30,31). The third-order valence-corrected chi connectivity index (χ3v) is 5.38. The first-order valence-corrected chi connectivity index (χ1v) is 11.0. The van der Waals surface area contributed by atoms with E-state index in [1.165, 1.54) is 36.0 Å². The van der Waals surface area contributed by atoms with Gasteiger partial charge in [-0.2, -0.15) is 9.97 Å². The molecule has 0 aliphatic heterocycles. The van der Waals surface area contributed by atoms with Gasteiger partial charge in [0.1, 0.15) is 5.75 Å². The van der Waals surface area contributed by atoms with Gasteiger partial charge in [-0.15, -0.1) is 13.2 Å². The summed E-state index contributed by atoms with van der Waals surface area (Å²) < 4.78 is 41.3. The van der Waals surface area contributed by atoms with E-state index in [2.05, 4.69) is 25.0 Å². The number of rotatable bonds is 8. The van der Waals surface area contributed by atoms with Crippen LogP contribution >= 0.6 is 11.8 Å². The molecule has 0 saturated heterocycles. The molecule has 0 saturated carbocycles. The summed E-state index contributed by atoms with van der Waals surface area (Å²) in [5.41, 5.74) is 2.74. The van der Waals surface area contributed by atoms with Gasteiger partial charge in [-0.1, -0.05) is 72.4 Å². The summed E-state index contributed by atoms with van der Waals surface area (Å²) in [4.78, 5) is 13.5. The van der Waals surface area contributed by atoms with Crippen LogP contribution in [0.25, 0.3) is 11.4 Å². The second kappa shape index (κ2) is 10.4. The Hall–Kier alpha value is -3.59. The highest BCUT2D eigenvalue weighted by Crippen LogP contribution is 2.27. The molecule has 1 aromatic heterocycles. The molecule has 0 fully saturated rings. The van der Waals surface area contributed by atoms with E-state index in [1.807, 2.05) is 60.7 Å². The van der Waals surface area contributed by atoms with E-state index in [4.69, 9.17) is 0 Å². The number of halogens is 3. The molecule has 0 amide bonds. The highest BCUT2D eigenvalue weighted by molar-refractivity contribution is 7.98. The average Bonchev–Trinajstić information content (AvgIpc) is 2.82. The lowest BCUT2D eigenvalue weighted by atomic mass is 10.2. The van der Waals surface area contributed by atoms with E-state index < -0.39 is 6.36 Å². The van der Waals surface area contributed by atoms with Crippen molar-refractivity contribution in [3.63, 3.8) is 0 Å². The molecule has 1 N–H and O–H groups in total. The molecule has 168 valence electrons. The van der Waals surface area contributed by atoms with Crippen molar-refractivity contribution in [2.24, 2.45) is 0 Å². The van der Waals surface area contributed by atoms with Crippen LogP contribution in [0, 0.1) is 0 Å². The number of benzene rings is 3. The largest absolute Gasteiger partial charge is 0.573 e. The summed E-state index contributed by atoms with van der Waals surface area (Å²) in [6.45, 7) is 0.519. The van der Waals surface area contributed by atoms with Crippen LogP contribution in [0.15, 0.2) is 90.1 Å². The predicted octanol–water partition coefficient (Wildman–Crippen LogP) is 6.34. The van der Waals surface area contributed by atoms with Gasteiger partial charge in [0.05, 0.1) is 0 Å². The van der Waals surface area contributed by atoms with Gasteiger partial charge in [-0.3, -0.25) is 0 Å². The molecular weight excluding hydrogens is 449 g/mol. The molecule has 5 nitrogen and oxygen atoms in total. The number of ether oxygens (including phenoxy) is 1. The first kappa shape index (κ1) is 22.6. The molecule has 3 aromatic carbocycles. The van der Waals surface area contributed by atoms with Crippen LogP contribution in [0.4, 0.5) is 19.1 Å². The maximum Gasteiger partial charge on any atom is 0.573 e. The lowest BCUT2D eigenvalue weighted by molar-refractivity contribution is -0.274. The van der Waals surface area contributed by atoms with Crippen LogP contribution in [0.2, 0.25) is 0 Å². The molecular formula is C24H19F3N4OS. The molecule has 0 unspecified atom stereocenters. The second-order valence-corrected chi connectivity index (χ2v) is 7.89. The van der Waals surface area contributed by atoms with Crippen LogP contribution in [0.1, 0.15) is 11.1 Å². The van der Waals surface area contributed by atoms with Gasteiger partial charge in [0, 0.05) is 17.9 Å². The lowest BCUT2D eigenvalue weighted by Gasteiger charge is -2.11. The topological polar surface area (TPSA) is 59.9 Å². The maximum atomic E-state index is 12.5. The van der Waals surface area contributed by atoms with Crippen molar-refractivity contribution >= 4 is 17.7 Å². The van der Waals surface area contributed by atoms with E-state index in [0.29, 0.717) is 34.8 Å². The van der Waals surface area contributed by atoms with Gasteiger partial charge < -0.3 is 10.1 Å². The molecule has 4 rings (SSSR count). The zero-order valence-corrected chi connectivity index (χ0v) is 18.1. The summed E-state index contributed by atoms with van der Waals surface area (Å²) >= 11 is 1.45. The first-order valence-electron chi connectivity index (χ1n) is 10.0. The average molecular weight is 469 g/mol. The third kappa shape index (κ3) is 6.95. The Morgan fingerprint density at radius 1 is 0.758 bits per heavy atom. The smallest absolute Gasteiger partial charge is 0.406 e. The zero-order valence-electron chi connectivity index (χ0n) is 17.3. The first-order chi connectivity index (χ1) is 15.9. The fourth-order valence-corrected chi connectivity index (χ4v) is 3.72. The third-order valence-electron chi connectivity index (χ3n) is 4.47. The molecule has 33 heavy (non-hydrogen) atoms. The van der Waals surface area contributed by atoms with Crippen LogP contribution in [-0.4, -0.2) is 21.3 Å². The Kier molecular flexibility index (Phi) is 7.09. The van der Waals surface area contributed by atoms with Crippen LogP contribution < -0.4 is 10.1 Å². The van der Waals surface area contributed by atoms with Crippen molar-refractivity contribution < 1.29 is 17.9 Å². The number of anilines is 1. The Labute approximate surface area is 193 Å². The minimum atomic E-state index is -4.75. The number of hydrogen-bond donors (Lipinski definition) is 1. The van der Waals surface area contributed by atoms with Gasteiger partial charge in [0.2, 0.25) is 5.95 Å². The molecule has 0 aliphatic carbocycles. The number of hydrogen-bond acceptors (Lipinski definition) is 6. The van der Waals surface area contributed by atoms with E-state index in [-0.39, 0.29) is 5.75 Å². The molecule has 0 aliphatic rings. The van der Waals surface area contributed by atoms with Gasteiger partial charge in [0.25, 0.3) is 0 Å². The van der Waals surface area contributed by atoms with Crippen LogP contribution in [0.5, 0.6) is 5.75 Å². The van der Waals surface area contributed by atoms with Crippen molar-refractivity contribution in [3.8, 4) is 17.1 Å². The molecule has 0 atom stereocenters. The minimum absolute atomic E-state index is 0.304. The summed E-state index contributed by atoms with van der Waals surface area (Å²) in [6.07, 6.45) is -4.75. The van der Waals surface area contributed by atoms with Crippen molar-refractivity contribution in [1.82, 2.24) is 15.0 Å². The fourth-order valence-electron chi connectivity index (χ4n) is 2.93. The van der Waals surface area contributed by atoms with Crippen molar-refractivity contribution in [3.05, 3.63) is 96.1 Å². The summed E-state index contributed by atoms with van der Waals surface area (Å²) in [5.74, 6) is 1.10. The summed E-state index contributed by atoms with van der Waals surface area (Å²) in [5, 5.41) is 3.71. The van der Waals surface area contributed by atoms with Crippen molar-refractivity contribution in [2.75, 3.05) is 5.32 Å². The molecule has 1 heterocycles. The molecule has 9 heteroatoms. The number of alkyl halides is 3. The number of aromatic nitrogens is 3. The number of nitrogens with zero attached hydrogens (tertiary/aromatic N) is 3. The SMILES string of the molecule is FC(F)(F)Oc1ccc(-c2nc(NCc3ccccc3)nc(SCc3ccccc3)n2)cc1. The van der Waals surface area contributed by atoms with Crippen LogP contribution in [0.3, 0.4) is 0 Å². The fraction of sp³-hybridized carbons (Fsp3) is 0.125. The Morgan fingerprint density at radius 3 is 2.03 bits per heavy atom. The normalized spacial score (nSPS) is 11.2. The van der Waals surface area contributed by atoms with E-state index in [1.54, 1.807) is 0 Å². The highest BCUT2D eigenvalue weighted by atomic mass is 32.2. The lowest BCUT2D eigenvalue weighted by Crippen LogP contribution is -2.16. The zero-order chi connectivity index (χ0) is 23.1. The van der Waals surface area contributed by atoms with Gasteiger partial charge in [0.15, 0.2) is 11.0 Å². The second-order valence-electron chi connectivity index (χ2n) is 6.95.